The minimum absolute atomic E-state index is 0.256. The molecule has 0 spiro atoms. The number of hydrazine groups is 1. The molecule has 0 saturated heterocycles. The summed E-state index contributed by atoms with van der Waals surface area (Å²) < 4.78 is 13.3. The molecule has 0 saturated carbocycles. The molecule has 0 unspecified atom stereocenters. The molecule has 0 bridgehead atoms. The molecule has 3 aromatic rings. The maximum absolute atomic E-state index is 13.3. The Morgan fingerprint density at radius 2 is 2.10 bits per heavy atom. The Kier molecular flexibility index (Phi) is 3.57. The van der Waals surface area contributed by atoms with Gasteiger partial charge in [0.15, 0.2) is 5.82 Å². The molecular formula is C15H15FN4S. The van der Waals surface area contributed by atoms with Gasteiger partial charge in [0.2, 0.25) is 0 Å². The van der Waals surface area contributed by atoms with Crippen LogP contribution in [0.4, 0.5) is 10.2 Å². The van der Waals surface area contributed by atoms with Gasteiger partial charge in [-0.1, -0.05) is 12.1 Å². The summed E-state index contributed by atoms with van der Waals surface area (Å²) in [5.41, 5.74) is 4.62. The molecule has 21 heavy (non-hydrogen) atoms. The molecule has 6 heteroatoms. The zero-order valence-electron chi connectivity index (χ0n) is 11.8. The predicted molar refractivity (Wildman–Crippen MR) is 83.9 cm³/mol. The molecule has 3 N–H and O–H groups in total. The first-order chi connectivity index (χ1) is 10.1. The second kappa shape index (κ2) is 5.38. The van der Waals surface area contributed by atoms with E-state index in [1.807, 2.05) is 19.9 Å². The van der Waals surface area contributed by atoms with Crippen LogP contribution in [0.2, 0.25) is 0 Å². The summed E-state index contributed by atoms with van der Waals surface area (Å²) in [6.45, 7) is 4.08. The summed E-state index contributed by atoms with van der Waals surface area (Å²) in [5.74, 6) is 6.57. The van der Waals surface area contributed by atoms with Crippen molar-refractivity contribution in [3.8, 4) is 0 Å². The zero-order chi connectivity index (χ0) is 15.0. The Morgan fingerprint density at radius 3 is 2.81 bits per heavy atom. The lowest BCUT2D eigenvalue weighted by atomic mass is 10.1. The molecule has 0 fully saturated rings. The number of anilines is 1. The van der Waals surface area contributed by atoms with Crippen LogP contribution in [0.3, 0.4) is 0 Å². The first kappa shape index (κ1) is 13.9. The van der Waals surface area contributed by atoms with Gasteiger partial charge < -0.3 is 5.43 Å². The van der Waals surface area contributed by atoms with Crippen molar-refractivity contribution in [3.63, 3.8) is 0 Å². The van der Waals surface area contributed by atoms with E-state index in [0.717, 1.165) is 21.3 Å². The number of aromatic nitrogens is 2. The number of fused-ring (bicyclic) bond motifs is 1. The van der Waals surface area contributed by atoms with Gasteiger partial charge in [0.25, 0.3) is 0 Å². The summed E-state index contributed by atoms with van der Waals surface area (Å²) in [6, 6.07) is 6.46. The highest BCUT2D eigenvalue weighted by atomic mass is 32.1. The van der Waals surface area contributed by atoms with E-state index < -0.39 is 0 Å². The number of thiophene rings is 1. The number of nitrogens with two attached hydrogens (primary N) is 1. The maximum atomic E-state index is 13.3. The van der Waals surface area contributed by atoms with E-state index in [2.05, 4.69) is 15.4 Å². The van der Waals surface area contributed by atoms with Gasteiger partial charge in [-0.15, -0.1) is 11.3 Å². The smallest absolute Gasteiger partial charge is 0.152 e. The second-order valence-electron chi connectivity index (χ2n) is 4.90. The molecule has 108 valence electrons. The van der Waals surface area contributed by atoms with Gasteiger partial charge in [-0.3, -0.25) is 0 Å². The molecule has 0 aliphatic heterocycles. The lowest BCUT2D eigenvalue weighted by Crippen LogP contribution is -2.11. The fourth-order valence-corrected chi connectivity index (χ4v) is 3.35. The fraction of sp³-hybridized carbons (Fsp3) is 0.200. The third-order valence-corrected chi connectivity index (χ3v) is 4.56. The summed E-state index contributed by atoms with van der Waals surface area (Å²) in [6.07, 6.45) is 0.471. The van der Waals surface area contributed by atoms with E-state index in [-0.39, 0.29) is 5.82 Å². The van der Waals surface area contributed by atoms with Gasteiger partial charge in [0.1, 0.15) is 16.5 Å². The number of rotatable bonds is 3. The maximum Gasteiger partial charge on any atom is 0.152 e. The van der Waals surface area contributed by atoms with Gasteiger partial charge in [0, 0.05) is 11.3 Å². The van der Waals surface area contributed by atoms with Crippen molar-refractivity contribution in [2.45, 2.75) is 20.3 Å². The van der Waals surface area contributed by atoms with Crippen LogP contribution in [0.25, 0.3) is 10.2 Å². The van der Waals surface area contributed by atoms with Crippen molar-refractivity contribution in [2.24, 2.45) is 5.84 Å². The number of nitrogen functional groups attached to an aromatic ring is 1. The van der Waals surface area contributed by atoms with E-state index in [1.54, 1.807) is 17.4 Å². The highest BCUT2D eigenvalue weighted by Crippen LogP contribution is 2.33. The molecule has 2 heterocycles. The van der Waals surface area contributed by atoms with Crippen molar-refractivity contribution in [2.75, 3.05) is 5.43 Å². The summed E-state index contributed by atoms with van der Waals surface area (Å²) >= 11 is 1.62. The molecule has 0 amide bonds. The van der Waals surface area contributed by atoms with Crippen molar-refractivity contribution >= 4 is 27.4 Å². The average molecular weight is 302 g/mol. The fourth-order valence-electron chi connectivity index (χ4n) is 2.31. The van der Waals surface area contributed by atoms with Crippen LogP contribution in [-0.4, -0.2) is 9.97 Å². The van der Waals surface area contributed by atoms with Crippen LogP contribution in [0.5, 0.6) is 0 Å². The number of benzene rings is 1. The molecule has 1 aromatic carbocycles. The average Bonchev–Trinajstić information content (AvgIpc) is 2.73. The Bertz CT molecular complexity index is 813. The number of aryl methyl sites for hydroxylation is 2. The number of halogens is 1. The van der Waals surface area contributed by atoms with Gasteiger partial charge in [0.05, 0.1) is 5.39 Å². The van der Waals surface area contributed by atoms with E-state index >= 15 is 0 Å². The Hall–Kier alpha value is -2.05. The predicted octanol–water partition coefficient (Wildman–Crippen LogP) is 3.32. The first-order valence-electron chi connectivity index (χ1n) is 6.56. The highest BCUT2D eigenvalue weighted by Gasteiger charge is 2.14. The normalized spacial score (nSPS) is 11.0. The van der Waals surface area contributed by atoms with Crippen LogP contribution in [0, 0.1) is 19.7 Å². The Labute approximate surface area is 125 Å². The number of nitrogens with zero attached hydrogens (tertiary/aromatic N) is 2. The minimum Gasteiger partial charge on any atom is -0.308 e. The van der Waals surface area contributed by atoms with Gasteiger partial charge in [-0.25, -0.2) is 20.2 Å². The Balaban J connectivity index is 2.07. The summed E-state index contributed by atoms with van der Waals surface area (Å²) in [5, 5.41) is 0.961. The van der Waals surface area contributed by atoms with E-state index in [1.165, 1.54) is 17.0 Å². The molecule has 0 atom stereocenters. The first-order valence-corrected chi connectivity index (χ1v) is 7.38. The molecule has 2 aromatic heterocycles. The molecular weight excluding hydrogens is 287 g/mol. The van der Waals surface area contributed by atoms with Gasteiger partial charge in [-0.05, 0) is 37.1 Å². The highest BCUT2D eigenvalue weighted by molar-refractivity contribution is 7.18. The number of nitrogens with one attached hydrogen (secondary N) is 1. The monoisotopic (exact) mass is 302 g/mol. The minimum atomic E-state index is -0.256. The van der Waals surface area contributed by atoms with Gasteiger partial charge >= 0.3 is 0 Å². The van der Waals surface area contributed by atoms with Crippen LogP contribution in [0.1, 0.15) is 21.8 Å². The SMILES string of the molecule is Cc1sc2nc(Cc3cccc(F)c3)nc(NN)c2c1C. The van der Waals surface area contributed by atoms with Crippen molar-refractivity contribution in [3.05, 3.63) is 51.9 Å². The van der Waals surface area contributed by atoms with Crippen LogP contribution >= 0.6 is 11.3 Å². The molecule has 0 radical (unpaired) electrons. The van der Waals surface area contributed by atoms with E-state index in [4.69, 9.17) is 5.84 Å². The lowest BCUT2D eigenvalue weighted by Gasteiger charge is -2.06. The third kappa shape index (κ3) is 2.59. The largest absolute Gasteiger partial charge is 0.308 e. The summed E-state index contributed by atoms with van der Waals surface area (Å²) in [7, 11) is 0. The topological polar surface area (TPSA) is 63.8 Å². The standard InChI is InChI=1S/C15H15FN4S/c1-8-9(2)21-15-13(8)14(20-17)18-12(19-15)7-10-4-3-5-11(16)6-10/h3-6H,7,17H2,1-2H3,(H,18,19,20). The van der Waals surface area contributed by atoms with E-state index in [0.29, 0.717) is 18.1 Å². The third-order valence-electron chi connectivity index (χ3n) is 3.46. The molecule has 3 rings (SSSR count). The van der Waals surface area contributed by atoms with Crippen molar-refractivity contribution in [1.82, 2.24) is 9.97 Å². The lowest BCUT2D eigenvalue weighted by molar-refractivity contribution is 0.626. The quantitative estimate of drug-likeness (QED) is 0.575. The molecule has 4 nitrogen and oxygen atoms in total. The summed E-state index contributed by atoms with van der Waals surface area (Å²) in [4.78, 5) is 11.1. The van der Waals surface area contributed by atoms with Crippen LogP contribution < -0.4 is 11.3 Å². The van der Waals surface area contributed by atoms with Crippen molar-refractivity contribution < 1.29 is 4.39 Å². The number of hydrogen-bond donors (Lipinski definition) is 2. The van der Waals surface area contributed by atoms with E-state index in [9.17, 15) is 4.39 Å². The van der Waals surface area contributed by atoms with Crippen molar-refractivity contribution in [1.29, 1.82) is 0 Å². The molecule has 0 aliphatic carbocycles. The Morgan fingerprint density at radius 1 is 1.29 bits per heavy atom. The van der Waals surface area contributed by atoms with Crippen LogP contribution in [0.15, 0.2) is 24.3 Å². The molecule has 0 aliphatic rings. The number of hydrogen-bond acceptors (Lipinski definition) is 5. The van der Waals surface area contributed by atoms with Gasteiger partial charge in [-0.2, -0.15) is 0 Å². The van der Waals surface area contributed by atoms with Crippen LogP contribution in [-0.2, 0) is 6.42 Å². The second-order valence-corrected chi connectivity index (χ2v) is 6.11. The zero-order valence-corrected chi connectivity index (χ0v) is 12.6.